The fraction of sp³-hybridized carbons (Fsp3) is 0.158. The molecule has 4 rings (SSSR count). The van der Waals surface area contributed by atoms with Gasteiger partial charge in [0.2, 0.25) is 0 Å². The molecule has 6 heteroatoms. The highest BCUT2D eigenvalue weighted by atomic mass is 16.3. The SMILES string of the molecule is Cc1cc(C(C)O)c2nc(-c3cccc(C#N)c3)n3cnnc3c2c1. The fourth-order valence-corrected chi connectivity index (χ4v) is 3.09. The minimum atomic E-state index is -0.654. The van der Waals surface area contributed by atoms with Crippen LogP contribution in [0.25, 0.3) is 27.9 Å². The first kappa shape index (κ1) is 15.2. The summed E-state index contributed by atoms with van der Waals surface area (Å²) < 4.78 is 1.81. The van der Waals surface area contributed by atoms with Gasteiger partial charge in [-0.05, 0) is 37.6 Å². The van der Waals surface area contributed by atoms with Gasteiger partial charge in [-0.2, -0.15) is 5.26 Å². The minimum Gasteiger partial charge on any atom is -0.389 e. The van der Waals surface area contributed by atoms with Crippen LogP contribution in [0.5, 0.6) is 0 Å². The summed E-state index contributed by atoms with van der Waals surface area (Å²) in [4.78, 5) is 4.80. The quantitative estimate of drug-likeness (QED) is 0.610. The molecular formula is C19H15N5O. The Morgan fingerprint density at radius 2 is 2.08 bits per heavy atom. The molecule has 25 heavy (non-hydrogen) atoms. The first-order valence-electron chi connectivity index (χ1n) is 7.91. The number of aliphatic hydroxyl groups excluding tert-OH is 1. The maximum absolute atomic E-state index is 10.2. The number of aromatic nitrogens is 4. The highest BCUT2D eigenvalue weighted by Crippen LogP contribution is 2.30. The lowest BCUT2D eigenvalue weighted by Crippen LogP contribution is -2.02. The van der Waals surface area contributed by atoms with Gasteiger partial charge < -0.3 is 5.11 Å². The average molecular weight is 329 g/mol. The number of nitrogens with zero attached hydrogens (tertiary/aromatic N) is 5. The van der Waals surface area contributed by atoms with Crippen molar-refractivity contribution in [2.75, 3.05) is 0 Å². The lowest BCUT2D eigenvalue weighted by atomic mass is 10.0. The molecule has 0 saturated heterocycles. The second-order valence-electron chi connectivity index (χ2n) is 6.08. The van der Waals surface area contributed by atoms with Gasteiger partial charge in [-0.3, -0.25) is 4.40 Å². The molecular weight excluding hydrogens is 314 g/mol. The summed E-state index contributed by atoms with van der Waals surface area (Å²) in [5.74, 6) is 0.635. The first-order chi connectivity index (χ1) is 12.1. The largest absolute Gasteiger partial charge is 0.389 e. The molecule has 2 aromatic carbocycles. The number of hydrogen-bond donors (Lipinski definition) is 1. The summed E-state index contributed by atoms with van der Waals surface area (Å²) in [6, 6.07) is 13.3. The van der Waals surface area contributed by atoms with Gasteiger partial charge in [0.25, 0.3) is 0 Å². The molecule has 1 atom stereocenters. The van der Waals surface area contributed by atoms with Crippen molar-refractivity contribution in [3.05, 3.63) is 59.4 Å². The molecule has 0 amide bonds. The van der Waals surface area contributed by atoms with Gasteiger partial charge in [-0.15, -0.1) is 10.2 Å². The maximum atomic E-state index is 10.2. The molecule has 0 saturated carbocycles. The fourth-order valence-electron chi connectivity index (χ4n) is 3.09. The van der Waals surface area contributed by atoms with E-state index >= 15 is 0 Å². The van der Waals surface area contributed by atoms with Gasteiger partial charge in [-0.1, -0.05) is 18.2 Å². The Balaban J connectivity index is 2.14. The molecule has 0 radical (unpaired) electrons. The van der Waals surface area contributed by atoms with E-state index in [9.17, 15) is 5.11 Å². The number of fused-ring (bicyclic) bond motifs is 3. The zero-order valence-corrected chi connectivity index (χ0v) is 13.8. The lowest BCUT2D eigenvalue weighted by molar-refractivity contribution is 0.200. The summed E-state index contributed by atoms with van der Waals surface area (Å²) in [7, 11) is 0. The summed E-state index contributed by atoms with van der Waals surface area (Å²) in [5.41, 5.74) is 4.49. The van der Waals surface area contributed by atoms with Crippen molar-refractivity contribution >= 4 is 16.6 Å². The van der Waals surface area contributed by atoms with Crippen LogP contribution in [0, 0.1) is 18.3 Å². The molecule has 122 valence electrons. The van der Waals surface area contributed by atoms with Gasteiger partial charge in [0.15, 0.2) is 5.65 Å². The van der Waals surface area contributed by atoms with Crippen LogP contribution in [0.1, 0.15) is 29.7 Å². The van der Waals surface area contributed by atoms with Crippen molar-refractivity contribution in [2.24, 2.45) is 0 Å². The summed E-state index contributed by atoms with van der Waals surface area (Å²) in [5, 5.41) is 28.5. The van der Waals surface area contributed by atoms with E-state index in [4.69, 9.17) is 10.2 Å². The number of benzene rings is 2. The van der Waals surface area contributed by atoms with Crippen LogP contribution in [-0.4, -0.2) is 24.7 Å². The Bertz CT molecular complexity index is 1150. The van der Waals surface area contributed by atoms with Crippen molar-refractivity contribution < 1.29 is 5.11 Å². The van der Waals surface area contributed by atoms with E-state index in [1.54, 1.807) is 25.4 Å². The third kappa shape index (κ3) is 2.42. The smallest absolute Gasteiger partial charge is 0.171 e. The molecule has 0 bridgehead atoms. The van der Waals surface area contributed by atoms with E-state index < -0.39 is 6.10 Å². The highest BCUT2D eigenvalue weighted by Gasteiger charge is 2.17. The molecule has 4 aromatic rings. The number of hydrogen-bond acceptors (Lipinski definition) is 5. The number of nitriles is 1. The normalized spacial score (nSPS) is 12.4. The van der Waals surface area contributed by atoms with Crippen LogP contribution in [-0.2, 0) is 0 Å². The highest BCUT2D eigenvalue weighted by molar-refractivity contribution is 5.95. The molecule has 6 nitrogen and oxygen atoms in total. The Hall–Kier alpha value is -3.30. The lowest BCUT2D eigenvalue weighted by Gasteiger charge is -2.13. The first-order valence-corrected chi connectivity index (χ1v) is 7.91. The van der Waals surface area contributed by atoms with Crippen molar-refractivity contribution in [3.63, 3.8) is 0 Å². The Labute approximate surface area is 144 Å². The van der Waals surface area contributed by atoms with Crippen LogP contribution < -0.4 is 0 Å². The van der Waals surface area contributed by atoms with E-state index in [2.05, 4.69) is 16.3 Å². The Morgan fingerprint density at radius 1 is 1.24 bits per heavy atom. The predicted octanol–water partition coefficient (Wildman–Crippen LogP) is 3.18. The van der Waals surface area contributed by atoms with Crippen LogP contribution in [0.15, 0.2) is 42.7 Å². The second kappa shape index (κ2) is 5.65. The molecule has 2 aromatic heterocycles. The van der Waals surface area contributed by atoms with Gasteiger partial charge >= 0.3 is 0 Å². The minimum absolute atomic E-state index is 0.556. The zero-order valence-electron chi connectivity index (χ0n) is 13.8. The van der Waals surface area contributed by atoms with Gasteiger partial charge in [0.05, 0.1) is 23.3 Å². The molecule has 0 aliphatic heterocycles. The molecule has 0 spiro atoms. The molecule has 0 fully saturated rings. The second-order valence-corrected chi connectivity index (χ2v) is 6.08. The van der Waals surface area contributed by atoms with E-state index in [1.165, 1.54) is 0 Å². The van der Waals surface area contributed by atoms with Crippen LogP contribution in [0.3, 0.4) is 0 Å². The molecule has 1 unspecified atom stereocenters. The van der Waals surface area contributed by atoms with Crippen molar-refractivity contribution in [1.82, 2.24) is 19.6 Å². The van der Waals surface area contributed by atoms with Crippen molar-refractivity contribution in [1.29, 1.82) is 5.26 Å². The number of aliphatic hydroxyl groups is 1. The summed E-state index contributed by atoms with van der Waals surface area (Å²) >= 11 is 0. The van der Waals surface area contributed by atoms with E-state index in [0.717, 1.165) is 22.1 Å². The number of rotatable bonds is 2. The third-order valence-electron chi connectivity index (χ3n) is 4.22. The van der Waals surface area contributed by atoms with Crippen LogP contribution >= 0.6 is 0 Å². The maximum Gasteiger partial charge on any atom is 0.171 e. The summed E-state index contributed by atoms with van der Waals surface area (Å²) in [6.45, 7) is 3.70. The van der Waals surface area contributed by atoms with Crippen LogP contribution in [0.4, 0.5) is 0 Å². The van der Waals surface area contributed by atoms with Crippen molar-refractivity contribution in [3.8, 4) is 17.5 Å². The summed E-state index contributed by atoms with van der Waals surface area (Å²) in [6.07, 6.45) is 0.958. The van der Waals surface area contributed by atoms with E-state index in [1.807, 2.05) is 35.6 Å². The molecule has 0 aliphatic carbocycles. The van der Waals surface area contributed by atoms with Gasteiger partial charge in [0.1, 0.15) is 12.2 Å². The van der Waals surface area contributed by atoms with E-state index in [0.29, 0.717) is 22.6 Å². The number of aryl methyl sites for hydroxylation is 1. The van der Waals surface area contributed by atoms with Gasteiger partial charge in [-0.25, -0.2) is 4.98 Å². The predicted molar refractivity (Wildman–Crippen MR) is 93.8 cm³/mol. The standard InChI is InChI=1S/C19H15N5O/c1-11-6-15(12(2)25)17-16(7-11)19-23-21-10-24(19)18(22-17)14-5-3-4-13(8-14)9-20/h3-8,10,12,25H,1-2H3. The molecule has 1 N–H and O–H groups in total. The monoisotopic (exact) mass is 329 g/mol. The molecule has 2 heterocycles. The zero-order chi connectivity index (χ0) is 17.6. The van der Waals surface area contributed by atoms with E-state index in [-0.39, 0.29) is 0 Å². The molecule has 0 aliphatic rings. The van der Waals surface area contributed by atoms with Gasteiger partial charge in [0, 0.05) is 16.5 Å². The Kier molecular flexibility index (Phi) is 3.45. The van der Waals surface area contributed by atoms with Crippen LogP contribution in [0.2, 0.25) is 0 Å². The topological polar surface area (TPSA) is 87.1 Å². The Morgan fingerprint density at radius 3 is 2.84 bits per heavy atom. The van der Waals surface area contributed by atoms with Crippen molar-refractivity contribution in [2.45, 2.75) is 20.0 Å². The third-order valence-corrected chi connectivity index (χ3v) is 4.22. The average Bonchev–Trinajstić information content (AvgIpc) is 3.10.